The fourth-order valence-corrected chi connectivity index (χ4v) is 1.08. The molecule has 0 unspecified atom stereocenters. The van der Waals surface area contributed by atoms with Gasteiger partial charge >= 0.3 is 0 Å². The van der Waals surface area contributed by atoms with E-state index in [2.05, 4.69) is 5.11 Å². The molecule has 0 saturated carbocycles. The Morgan fingerprint density at radius 1 is 1.40 bits per heavy atom. The Morgan fingerprint density at radius 2 is 2.07 bits per heavy atom. The monoisotopic (exact) mass is 208 g/mol. The van der Waals surface area contributed by atoms with Crippen LogP contribution in [0.3, 0.4) is 0 Å². The SMILES string of the molecule is COc1cc(N(C=O)C=O)ccc1N=[NH2+]. The number of nitrogens with zero attached hydrogens (tertiary/aromatic N) is 2. The number of methoxy groups -OCH3 is 1. The lowest BCUT2D eigenvalue weighted by molar-refractivity contribution is -0.210. The highest BCUT2D eigenvalue weighted by Crippen LogP contribution is 2.30. The minimum Gasteiger partial charge on any atom is -0.494 e. The third kappa shape index (κ3) is 2.16. The van der Waals surface area contributed by atoms with Crippen LogP contribution in [0.5, 0.6) is 5.75 Å². The van der Waals surface area contributed by atoms with Crippen LogP contribution in [0.15, 0.2) is 23.3 Å². The van der Waals surface area contributed by atoms with Crippen LogP contribution < -0.4 is 15.2 Å². The topological polar surface area (TPSA) is 84.6 Å². The standard InChI is InChI=1S/C9H9N3O3/c1-15-9-4-7(12(5-13)6-14)2-3-8(9)11-10/h2-6,10H,1H3/p+1. The lowest BCUT2D eigenvalue weighted by atomic mass is 10.2. The molecule has 2 amide bonds. The number of rotatable bonds is 5. The maximum atomic E-state index is 10.5. The van der Waals surface area contributed by atoms with E-state index in [1.807, 2.05) is 0 Å². The van der Waals surface area contributed by atoms with Crippen molar-refractivity contribution in [3.05, 3.63) is 18.2 Å². The van der Waals surface area contributed by atoms with Crippen molar-refractivity contribution in [2.45, 2.75) is 0 Å². The molecular weight excluding hydrogens is 198 g/mol. The number of carbonyl (C=O) groups is 2. The number of imide groups is 1. The van der Waals surface area contributed by atoms with Gasteiger partial charge in [0, 0.05) is 6.07 Å². The molecule has 1 rings (SSSR count). The second kappa shape index (κ2) is 4.85. The van der Waals surface area contributed by atoms with Crippen molar-refractivity contribution in [3.8, 4) is 5.75 Å². The summed E-state index contributed by atoms with van der Waals surface area (Å²) >= 11 is 0. The summed E-state index contributed by atoms with van der Waals surface area (Å²) in [6.07, 6.45) is 0.808. The Morgan fingerprint density at radius 3 is 2.53 bits per heavy atom. The van der Waals surface area contributed by atoms with Crippen molar-refractivity contribution in [3.63, 3.8) is 0 Å². The first-order chi connectivity index (χ1) is 7.26. The van der Waals surface area contributed by atoms with Gasteiger partial charge in [0.05, 0.1) is 12.8 Å². The minimum absolute atomic E-state index is 0.392. The normalized spacial score (nSPS) is 9.13. The highest BCUT2D eigenvalue weighted by Gasteiger charge is 2.09. The summed E-state index contributed by atoms with van der Waals surface area (Å²) in [6.45, 7) is 0. The first kappa shape index (κ1) is 10.8. The molecule has 0 aromatic heterocycles. The van der Waals surface area contributed by atoms with Crippen LogP contribution in [0.2, 0.25) is 0 Å². The van der Waals surface area contributed by atoms with Crippen LogP contribution in [0.4, 0.5) is 11.4 Å². The Bertz CT molecular complexity index is 384. The lowest BCUT2D eigenvalue weighted by Gasteiger charge is -2.10. The smallest absolute Gasteiger partial charge is 0.220 e. The van der Waals surface area contributed by atoms with E-state index in [9.17, 15) is 9.59 Å². The zero-order valence-corrected chi connectivity index (χ0v) is 8.08. The number of benzene rings is 1. The van der Waals surface area contributed by atoms with E-state index in [4.69, 9.17) is 10.3 Å². The zero-order valence-electron chi connectivity index (χ0n) is 8.08. The maximum absolute atomic E-state index is 10.5. The Kier molecular flexibility index (Phi) is 3.50. The molecule has 0 radical (unpaired) electrons. The van der Waals surface area contributed by atoms with Gasteiger partial charge in [0.15, 0.2) is 11.4 Å². The van der Waals surface area contributed by atoms with Crippen molar-refractivity contribution >= 4 is 24.2 Å². The second-order valence-corrected chi connectivity index (χ2v) is 2.60. The summed E-state index contributed by atoms with van der Waals surface area (Å²) in [5.41, 5.74) is 5.95. The summed E-state index contributed by atoms with van der Waals surface area (Å²) in [6, 6.07) is 4.58. The van der Waals surface area contributed by atoms with Crippen molar-refractivity contribution < 1.29 is 19.9 Å². The van der Waals surface area contributed by atoms with Gasteiger partial charge in [-0.15, -0.1) is 0 Å². The van der Waals surface area contributed by atoms with E-state index < -0.39 is 0 Å². The predicted molar refractivity (Wildman–Crippen MR) is 51.6 cm³/mol. The summed E-state index contributed by atoms with van der Waals surface area (Å²) in [7, 11) is 1.44. The molecule has 0 aliphatic heterocycles. The van der Waals surface area contributed by atoms with Gasteiger partial charge in [0.1, 0.15) is 0 Å². The van der Waals surface area contributed by atoms with Crippen molar-refractivity contribution in [1.29, 1.82) is 0 Å². The van der Waals surface area contributed by atoms with Gasteiger partial charge in [0.2, 0.25) is 12.8 Å². The van der Waals surface area contributed by atoms with E-state index in [0.717, 1.165) is 4.90 Å². The van der Waals surface area contributed by atoms with Crippen LogP contribution in [-0.2, 0) is 9.59 Å². The summed E-state index contributed by atoms with van der Waals surface area (Å²) in [4.78, 5) is 21.9. The van der Waals surface area contributed by atoms with E-state index in [1.165, 1.54) is 19.2 Å². The first-order valence-corrected chi connectivity index (χ1v) is 4.04. The zero-order chi connectivity index (χ0) is 11.3. The average molecular weight is 208 g/mol. The summed E-state index contributed by atoms with van der Waals surface area (Å²) in [5.74, 6) is 0.392. The number of amides is 2. The Hall–Kier alpha value is -2.24. The molecule has 1 aromatic carbocycles. The fourth-order valence-electron chi connectivity index (χ4n) is 1.08. The number of hydrogen-bond donors (Lipinski definition) is 1. The van der Waals surface area contributed by atoms with E-state index in [0.29, 0.717) is 29.9 Å². The number of carbonyl (C=O) groups excluding carboxylic acids is 2. The molecule has 0 saturated heterocycles. The molecule has 0 bridgehead atoms. The number of nitrogens with two attached hydrogens (primary N) is 1. The largest absolute Gasteiger partial charge is 0.494 e. The van der Waals surface area contributed by atoms with Gasteiger partial charge in [-0.1, -0.05) is 0 Å². The molecule has 0 atom stereocenters. The van der Waals surface area contributed by atoms with E-state index in [1.54, 1.807) is 6.07 Å². The molecule has 0 aliphatic rings. The van der Waals surface area contributed by atoms with Crippen LogP contribution in [0.25, 0.3) is 0 Å². The third-order valence-electron chi connectivity index (χ3n) is 1.83. The van der Waals surface area contributed by atoms with E-state index in [-0.39, 0.29) is 0 Å². The molecule has 6 nitrogen and oxygen atoms in total. The summed E-state index contributed by atoms with van der Waals surface area (Å²) < 4.78 is 4.98. The lowest BCUT2D eigenvalue weighted by Crippen LogP contribution is -2.22. The quantitative estimate of drug-likeness (QED) is 0.530. The minimum atomic E-state index is 0.392. The van der Waals surface area contributed by atoms with E-state index >= 15 is 0 Å². The molecule has 78 valence electrons. The average Bonchev–Trinajstić information content (AvgIpc) is 2.30. The number of anilines is 1. The first-order valence-electron chi connectivity index (χ1n) is 4.04. The highest BCUT2D eigenvalue weighted by molar-refractivity contribution is 5.95. The molecular formula is C9H10N3O3+. The van der Waals surface area contributed by atoms with Gasteiger partial charge < -0.3 is 4.74 Å². The Labute approximate surface area is 86.0 Å². The summed E-state index contributed by atoms with van der Waals surface area (Å²) in [5, 5.41) is 3.47. The van der Waals surface area contributed by atoms with Crippen molar-refractivity contribution in [2.24, 2.45) is 5.11 Å². The van der Waals surface area contributed by atoms with Gasteiger partial charge in [-0.05, 0) is 17.2 Å². The molecule has 2 N–H and O–H groups in total. The van der Waals surface area contributed by atoms with Gasteiger partial charge in [-0.25, -0.2) is 0 Å². The van der Waals surface area contributed by atoms with Gasteiger partial charge in [-0.3, -0.25) is 14.5 Å². The Balaban J connectivity index is 3.17. The number of hydrogen-bond acceptors (Lipinski definition) is 4. The fraction of sp³-hybridized carbons (Fsp3) is 0.111. The molecule has 0 spiro atoms. The van der Waals surface area contributed by atoms with Gasteiger partial charge in [0.25, 0.3) is 0 Å². The van der Waals surface area contributed by atoms with Crippen LogP contribution >= 0.6 is 0 Å². The van der Waals surface area contributed by atoms with Crippen LogP contribution in [0, 0.1) is 0 Å². The van der Waals surface area contributed by atoms with Crippen molar-refractivity contribution in [2.75, 3.05) is 12.0 Å². The molecule has 1 aromatic rings. The van der Waals surface area contributed by atoms with Crippen LogP contribution in [0.1, 0.15) is 0 Å². The highest BCUT2D eigenvalue weighted by atomic mass is 16.5. The predicted octanol–water partition coefficient (Wildman–Crippen LogP) is -0.343. The number of ether oxygens (including phenoxy) is 1. The molecule has 15 heavy (non-hydrogen) atoms. The van der Waals surface area contributed by atoms with Gasteiger partial charge in [-0.2, -0.15) is 5.53 Å². The molecule has 6 heteroatoms. The molecule has 0 heterocycles. The van der Waals surface area contributed by atoms with Crippen molar-refractivity contribution in [1.82, 2.24) is 0 Å². The third-order valence-corrected chi connectivity index (χ3v) is 1.83. The molecule has 0 aliphatic carbocycles. The maximum Gasteiger partial charge on any atom is 0.220 e. The molecule has 0 fully saturated rings. The van der Waals surface area contributed by atoms with Crippen LogP contribution in [-0.4, -0.2) is 19.9 Å². The second-order valence-electron chi connectivity index (χ2n) is 2.60.